The molecule has 7 rings (SSSR count). The predicted octanol–water partition coefficient (Wildman–Crippen LogP) is 4.09. The van der Waals surface area contributed by atoms with Gasteiger partial charge in [-0.15, -0.1) is 0 Å². The topological polar surface area (TPSA) is 99.9 Å². The van der Waals surface area contributed by atoms with E-state index in [-0.39, 0.29) is 35.6 Å². The van der Waals surface area contributed by atoms with E-state index in [0.29, 0.717) is 17.2 Å². The summed E-state index contributed by atoms with van der Waals surface area (Å²) in [6.45, 7) is 12.4. The van der Waals surface area contributed by atoms with Crippen molar-refractivity contribution in [3.05, 3.63) is 40.2 Å². The molecule has 1 N–H and O–H groups in total. The number of esters is 1. The van der Waals surface area contributed by atoms with Gasteiger partial charge in [0.15, 0.2) is 23.3 Å². The van der Waals surface area contributed by atoms with E-state index in [1.807, 2.05) is 32.9 Å². The molecule has 2 heterocycles. The van der Waals surface area contributed by atoms with Gasteiger partial charge in [-0.1, -0.05) is 32.9 Å². The lowest BCUT2D eigenvalue weighted by Gasteiger charge is -2.52. The summed E-state index contributed by atoms with van der Waals surface area (Å²) in [7, 11) is 1.77. The van der Waals surface area contributed by atoms with Crippen molar-refractivity contribution in [1.29, 1.82) is 0 Å². The van der Waals surface area contributed by atoms with Crippen molar-refractivity contribution < 1.29 is 28.9 Å². The van der Waals surface area contributed by atoms with Crippen LogP contribution in [0.15, 0.2) is 23.3 Å². The van der Waals surface area contributed by atoms with Crippen molar-refractivity contribution in [2.75, 3.05) is 6.61 Å². The zero-order chi connectivity index (χ0) is 28.6. The summed E-state index contributed by atoms with van der Waals surface area (Å²) in [6.07, 6.45) is 6.54. The Bertz CT molecular complexity index is 1390. The van der Waals surface area contributed by atoms with E-state index in [1.165, 1.54) is 0 Å². The molecule has 1 aromatic heterocycles. The number of allylic oxidation sites excluding steroid dienone is 1. The number of aliphatic hydroxyl groups is 1. The number of aryl methyl sites for hydroxylation is 2. The maximum absolute atomic E-state index is 14.8. The summed E-state index contributed by atoms with van der Waals surface area (Å²) < 4.78 is 20.6. The van der Waals surface area contributed by atoms with Gasteiger partial charge < -0.3 is 19.3 Å². The van der Waals surface area contributed by atoms with E-state index in [9.17, 15) is 14.7 Å². The van der Waals surface area contributed by atoms with Crippen molar-refractivity contribution in [2.45, 2.75) is 97.2 Å². The average Bonchev–Trinajstić information content (AvgIpc) is 3.18. The molecule has 1 spiro atoms. The normalized spacial score (nSPS) is 42.2. The average molecular weight is 551 g/mol. The van der Waals surface area contributed by atoms with Crippen LogP contribution in [0.5, 0.6) is 0 Å². The second kappa shape index (κ2) is 8.17. The Balaban J connectivity index is 1.37. The van der Waals surface area contributed by atoms with Gasteiger partial charge in [-0.2, -0.15) is 5.10 Å². The van der Waals surface area contributed by atoms with E-state index in [2.05, 4.69) is 25.9 Å². The smallest absolute Gasteiger partial charge is 0.357 e. The first-order valence-electron chi connectivity index (χ1n) is 15.0. The molecular formula is C32H42N2O6. The van der Waals surface area contributed by atoms with Crippen molar-refractivity contribution >= 4 is 11.8 Å². The molecule has 0 amide bonds. The molecule has 0 radical (unpaired) electrons. The summed E-state index contributed by atoms with van der Waals surface area (Å²) in [4.78, 5) is 28.8. The molecule has 1 saturated heterocycles. The van der Waals surface area contributed by atoms with Crippen LogP contribution >= 0.6 is 0 Å². The second-order valence-electron chi connectivity index (χ2n) is 14.4. The quantitative estimate of drug-likeness (QED) is 0.437. The number of carbonyl (C=O) groups is 2. The zero-order valence-corrected chi connectivity index (χ0v) is 24.7. The van der Waals surface area contributed by atoms with Crippen molar-refractivity contribution in [1.82, 2.24) is 9.78 Å². The molecule has 3 fully saturated rings. The first-order valence-corrected chi connectivity index (χ1v) is 15.0. The van der Waals surface area contributed by atoms with Crippen molar-refractivity contribution in [3.8, 4) is 0 Å². The molecule has 1 aromatic rings. The molecule has 0 aromatic carbocycles. The molecular weight excluding hydrogens is 508 g/mol. The lowest BCUT2D eigenvalue weighted by atomic mass is 9.59. The van der Waals surface area contributed by atoms with Crippen LogP contribution in [0.4, 0.5) is 0 Å². The highest BCUT2D eigenvalue weighted by Gasteiger charge is 2.77. The Hall–Kier alpha value is -2.29. The van der Waals surface area contributed by atoms with Crippen LogP contribution in [0, 0.1) is 34.5 Å². The lowest BCUT2D eigenvalue weighted by Crippen LogP contribution is -2.68. The summed E-state index contributed by atoms with van der Waals surface area (Å²) in [5, 5.41) is 17.8. The molecule has 2 unspecified atom stereocenters. The molecule has 5 aliphatic carbocycles. The molecule has 8 nitrogen and oxygen atoms in total. The van der Waals surface area contributed by atoms with Gasteiger partial charge in [0.25, 0.3) is 0 Å². The highest BCUT2D eigenvalue weighted by Crippen LogP contribution is 2.72. The monoisotopic (exact) mass is 550 g/mol. The van der Waals surface area contributed by atoms with Crippen LogP contribution in [-0.4, -0.2) is 56.8 Å². The summed E-state index contributed by atoms with van der Waals surface area (Å²) in [5.74, 6) is -1.43. The lowest BCUT2D eigenvalue weighted by molar-refractivity contribution is -0.302. The number of Topliss-reactive ketones (excluding diaryl/α,β-unsaturated/α-hetero) is 1. The predicted molar refractivity (Wildman–Crippen MR) is 146 cm³/mol. The Labute approximate surface area is 236 Å². The molecule has 40 heavy (non-hydrogen) atoms. The number of aromatic nitrogens is 2. The Morgan fingerprint density at radius 2 is 1.93 bits per heavy atom. The minimum Gasteiger partial charge on any atom is -0.450 e. The second-order valence-corrected chi connectivity index (χ2v) is 14.4. The van der Waals surface area contributed by atoms with Gasteiger partial charge >= 0.3 is 5.97 Å². The molecule has 8 heteroatoms. The van der Waals surface area contributed by atoms with Crippen LogP contribution < -0.4 is 0 Å². The number of fused-ring (bicyclic) bond motifs is 6. The minimum absolute atomic E-state index is 0.0136. The van der Waals surface area contributed by atoms with Gasteiger partial charge in [-0.25, -0.2) is 4.79 Å². The molecule has 1 aliphatic heterocycles. The standard InChI is InChI=1S/C32H42N2O6/c1-16-14-31-17(2)12-21-23(29(21,3)4)20(25(31)35)13-18-15-38-30(5,6)40-27(18)32(31,37)26(16)39-28(36)24-19-10-8-9-11-22(19)33-34(24)7/h13-14,17,20-21,23,26-27,37H,8-12,15H2,1-7H3/t17?,20-,21+,23+,26-,27+,31?,32+/m0/s1. The number of rotatable bonds is 2. The third kappa shape index (κ3) is 3.21. The number of ketones is 1. The van der Waals surface area contributed by atoms with E-state index in [4.69, 9.17) is 14.2 Å². The van der Waals surface area contributed by atoms with E-state index in [0.717, 1.165) is 48.9 Å². The maximum Gasteiger partial charge on any atom is 0.357 e. The third-order valence-electron chi connectivity index (χ3n) is 11.4. The number of carbonyl (C=O) groups excluding carboxylic acids is 2. The minimum atomic E-state index is -1.82. The van der Waals surface area contributed by atoms with Gasteiger partial charge in [-0.05, 0) is 87.2 Å². The fourth-order valence-electron chi connectivity index (χ4n) is 9.40. The van der Waals surface area contributed by atoms with Crippen LogP contribution in [-0.2, 0) is 38.9 Å². The number of hydrogen-bond acceptors (Lipinski definition) is 7. The Morgan fingerprint density at radius 3 is 2.67 bits per heavy atom. The summed E-state index contributed by atoms with van der Waals surface area (Å²) in [5.41, 5.74) is 0.749. The van der Waals surface area contributed by atoms with Crippen molar-refractivity contribution in [2.24, 2.45) is 41.5 Å². The summed E-state index contributed by atoms with van der Waals surface area (Å²) >= 11 is 0. The van der Waals surface area contributed by atoms with E-state index < -0.39 is 35.0 Å². The third-order valence-corrected chi connectivity index (χ3v) is 11.4. The Morgan fingerprint density at radius 1 is 1.20 bits per heavy atom. The molecule has 6 aliphatic rings. The van der Waals surface area contributed by atoms with Crippen LogP contribution in [0.25, 0.3) is 0 Å². The Kier molecular flexibility index (Phi) is 5.43. The largest absolute Gasteiger partial charge is 0.450 e. The SMILES string of the molecule is CC1=CC23C(=O)[C@@H](C=C4COC(C)(C)O[C@H]4[C@]2(O)[C@H]1OC(=O)c1c2c(nn1C)CCCC2)[C@@H]1[C@@H](CC3C)C1(C)C. The first-order chi connectivity index (χ1) is 18.7. The summed E-state index contributed by atoms with van der Waals surface area (Å²) in [6, 6.07) is 0. The fraction of sp³-hybridized carbons (Fsp3) is 0.719. The van der Waals surface area contributed by atoms with Gasteiger partial charge in [-0.3, -0.25) is 9.48 Å². The number of hydrogen-bond donors (Lipinski definition) is 1. The number of ether oxygens (including phenoxy) is 3. The molecule has 8 atom stereocenters. The van der Waals surface area contributed by atoms with Crippen molar-refractivity contribution in [3.63, 3.8) is 0 Å². The maximum atomic E-state index is 14.8. The first kappa shape index (κ1) is 26.6. The molecule has 2 bridgehead atoms. The van der Waals surface area contributed by atoms with Gasteiger partial charge in [0.05, 0.1) is 17.7 Å². The van der Waals surface area contributed by atoms with E-state index in [1.54, 1.807) is 11.7 Å². The van der Waals surface area contributed by atoms with Crippen LogP contribution in [0.3, 0.4) is 0 Å². The van der Waals surface area contributed by atoms with Gasteiger partial charge in [0, 0.05) is 18.5 Å². The molecule has 2 saturated carbocycles. The zero-order valence-electron chi connectivity index (χ0n) is 24.7. The van der Waals surface area contributed by atoms with E-state index >= 15 is 0 Å². The van der Waals surface area contributed by atoms with Crippen LogP contribution in [0.1, 0.15) is 82.6 Å². The number of nitrogens with zero attached hydrogens (tertiary/aromatic N) is 2. The van der Waals surface area contributed by atoms with Gasteiger partial charge in [0.2, 0.25) is 0 Å². The highest BCUT2D eigenvalue weighted by atomic mass is 16.7. The highest BCUT2D eigenvalue weighted by molar-refractivity contribution is 5.96. The van der Waals surface area contributed by atoms with Crippen LogP contribution in [0.2, 0.25) is 0 Å². The van der Waals surface area contributed by atoms with Gasteiger partial charge in [0.1, 0.15) is 11.8 Å². The fourth-order valence-corrected chi connectivity index (χ4v) is 9.40. The molecule has 216 valence electrons.